The lowest BCUT2D eigenvalue weighted by Gasteiger charge is -2.32. The zero-order valence-electron chi connectivity index (χ0n) is 12.7. The highest BCUT2D eigenvalue weighted by Crippen LogP contribution is 2.20. The predicted molar refractivity (Wildman–Crippen MR) is 88.9 cm³/mol. The molecule has 1 aromatic rings. The van der Waals surface area contributed by atoms with Crippen molar-refractivity contribution in [3.05, 3.63) is 10.7 Å². The average Bonchev–Trinajstić information content (AvgIpc) is 2.53. The van der Waals surface area contributed by atoms with Crippen LogP contribution in [0.3, 0.4) is 0 Å². The molecule has 0 aromatic carbocycles. The zero-order chi connectivity index (χ0) is 15.1. The fourth-order valence-electron chi connectivity index (χ4n) is 2.21. The van der Waals surface area contributed by atoms with Gasteiger partial charge in [0, 0.05) is 32.4 Å². The molecule has 1 aliphatic rings. The van der Waals surface area contributed by atoms with E-state index in [0.29, 0.717) is 5.95 Å². The fraction of sp³-hybridized carbons (Fsp3) is 0.714. The number of morpholine rings is 1. The molecule has 0 spiro atoms. The maximum Gasteiger partial charge on any atom is 0.224 e. The van der Waals surface area contributed by atoms with Crippen LogP contribution in [0, 0.1) is 0 Å². The summed E-state index contributed by atoms with van der Waals surface area (Å²) in [7, 11) is 0. The molecule has 7 heteroatoms. The second-order valence-electron chi connectivity index (χ2n) is 5.08. The molecule has 1 unspecified atom stereocenters. The van der Waals surface area contributed by atoms with Crippen LogP contribution in [0.5, 0.6) is 0 Å². The van der Waals surface area contributed by atoms with E-state index in [1.54, 1.807) is 6.20 Å². The number of likely N-dealkylation sites (N-methyl/N-ethyl adjacent to an activating group) is 1. The number of halogens is 1. The first-order valence-corrected chi connectivity index (χ1v) is 8.36. The molecular weight excluding hydrogens is 334 g/mol. The Hall–Kier alpha value is -0.920. The summed E-state index contributed by atoms with van der Waals surface area (Å²) in [5.41, 5.74) is 0. The lowest BCUT2D eigenvalue weighted by molar-refractivity contribution is -0.0192. The van der Waals surface area contributed by atoms with Gasteiger partial charge in [-0.05, 0) is 28.9 Å². The molecule has 2 N–H and O–H groups in total. The Morgan fingerprint density at radius 3 is 3.05 bits per heavy atom. The molecule has 1 saturated heterocycles. The highest BCUT2D eigenvalue weighted by atomic mass is 79.9. The summed E-state index contributed by atoms with van der Waals surface area (Å²) in [6, 6.07) is 0. The molecule has 1 fully saturated rings. The van der Waals surface area contributed by atoms with E-state index in [1.807, 2.05) is 0 Å². The van der Waals surface area contributed by atoms with Crippen molar-refractivity contribution in [2.24, 2.45) is 0 Å². The van der Waals surface area contributed by atoms with Crippen molar-refractivity contribution >= 4 is 27.7 Å². The average molecular weight is 358 g/mol. The quantitative estimate of drug-likeness (QED) is 0.779. The van der Waals surface area contributed by atoms with E-state index in [0.717, 1.165) is 56.0 Å². The molecule has 0 saturated carbocycles. The molecule has 1 aliphatic heterocycles. The summed E-state index contributed by atoms with van der Waals surface area (Å²) >= 11 is 3.48. The van der Waals surface area contributed by atoms with E-state index >= 15 is 0 Å². The fourth-order valence-corrected chi connectivity index (χ4v) is 2.55. The normalized spacial score (nSPS) is 19.5. The first kappa shape index (κ1) is 16.5. The Balaban J connectivity index is 1.89. The van der Waals surface area contributed by atoms with Crippen molar-refractivity contribution in [1.29, 1.82) is 0 Å². The lowest BCUT2D eigenvalue weighted by atomic mass is 10.2. The summed E-state index contributed by atoms with van der Waals surface area (Å²) < 4.78 is 6.66. The van der Waals surface area contributed by atoms with Crippen molar-refractivity contribution in [3.8, 4) is 0 Å². The predicted octanol–water partition coefficient (Wildman–Crippen LogP) is 2.19. The van der Waals surface area contributed by atoms with Crippen LogP contribution in [-0.4, -0.2) is 60.3 Å². The molecule has 2 rings (SSSR count). The van der Waals surface area contributed by atoms with Crippen LogP contribution in [0.1, 0.15) is 20.3 Å². The number of nitrogens with zero attached hydrogens (tertiary/aromatic N) is 3. The van der Waals surface area contributed by atoms with Crippen LogP contribution in [-0.2, 0) is 4.74 Å². The van der Waals surface area contributed by atoms with E-state index in [-0.39, 0.29) is 6.10 Å². The number of nitrogens with one attached hydrogen (secondary N) is 2. The highest BCUT2D eigenvalue weighted by Gasteiger charge is 2.19. The molecule has 0 aliphatic carbocycles. The van der Waals surface area contributed by atoms with Crippen LogP contribution in [0.25, 0.3) is 0 Å². The molecular formula is C14H24BrN5O. The number of anilines is 2. The number of hydrogen-bond acceptors (Lipinski definition) is 6. The Morgan fingerprint density at radius 1 is 1.43 bits per heavy atom. The number of hydrogen-bond donors (Lipinski definition) is 2. The van der Waals surface area contributed by atoms with Crippen LogP contribution in [0.2, 0.25) is 0 Å². The first-order valence-electron chi connectivity index (χ1n) is 7.57. The van der Waals surface area contributed by atoms with Gasteiger partial charge in [0.15, 0.2) is 0 Å². The standard InChI is InChI=1S/C14H24BrN5O/c1-3-5-16-14-18-9-12(15)13(19-14)17-8-11-10-20(4-2)6-7-21-11/h9,11H,3-8,10H2,1-2H3,(H2,16,17,18,19). The second kappa shape index (κ2) is 8.51. The highest BCUT2D eigenvalue weighted by molar-refractivity contribution is 9.10. The number of ether oxygens (including phenoxy) is 1. The SMILES string of the molecule is CCCNc1ncc(Br)c(NCC2CN(CC)CCO2)n1. The third-order valence-electron chi connectivity index (χ3n) is 3.44. The Labute approximate surface area is 134 Å². The summed E-state index contributed by atoms with van der Waals surface area (Å²) in [6.07, 6.45) is 3.02. The van der Waals surface area contributed by atoms with Gasteiger partial charge >= 0.3 is 0 Å². The van der Waals surface area contributed by atoms with E-state index in [9.17, 15) is 0 Å². The third-order valence-corrected chi connectivity index (χ3v) is 4.02. The topological polar surface area (TPSA) is 62.3 Å². The Bertz CT molecular complexity index is 445. The van der Waals surface area contributed by atoms with Crippen LogP contribution < -0.4 is 10.6 Å². The van der Waals surface area contributed by atoms with Crippen molar-refractivity contribution in [3.63, 3.8) is 0 Å². The monoisotopic (exact) mass is 357 g/mol. The number of rotatable bonds is 7. The largest absolute Gasteiger partial charge is 0.374 e. The van der Waals surface area contributed by atoms with Crippen molar-refractivity contribution in [2.75, 3.05) is 50.0 Å². The van der Waals surface area contributed by atoms with Gasteiger partial charge in [0.05, 0.1) is 17.2 Å². The van der Waals surface area contributed by atoms with Crippen LogP contribution in [0.15, 0.2) is 10.7 Å². The molecule has 2 heterocycles. The Kier molecular flexibility index (Phi) is 6.66. The van der Waals surface area contributed by atoms with Crippen molar-refractivity contribution in [2.45, 2.75) is 26.4 Å². The van der Waals surface area contributed by atoms with Crippen molar-refractivity contribution in [1.82, 2.24) is 14.9 Å². The van der Waals surface area contributed by atoms with Gasteiger partial charge in [-0.2, -0.15) is 4.98 Å². The minimum atomic E-state index is 0.201. The first-order chi connectivity index (χ1) is 10.2. The molecule has 0 radical (unpaired) electrons. The maximum atomic E-state index is 5.79. The molecule has 6 nitrogen and oxygen atoms in total. The number of aromatic nitrogens is 2. The summed E-state index contributed by atoms with van der Waals surface area (Å²) in [6.45, 7) is 9.78. The minimum Gasteiger partial charge on any atom is -0.374 e. The van der Waals surface area contributed by atoms with Gasteiger partial charge in [-0.25, -0.2) is 4.98 Å². The van der Waals surface area contributed by atoms with Crippen LogP contribution in [0.4, 0.5) is 11.8 Å². The Morgan fingerprint density at radius 2 is 2.29 bits per heavy atom. The van der Waals surface area contributed by atoms with Gasteiger partial charge in [-0.1, -0.05) is 13.8 Å². The van der Waals surface area contributed by atoms with Gasteiger partial charge in [0.1, 0.15) is 5.82 Å². The van der Waals surface area contributed by atoms with Gasteiger partial charge in [-0.3, -0.25) is 4.90 Å². The second-order valence-corrected chi connectivity index (χ2v) is 5.94. The van der Waals surface area contributed by atoms with Crippen LogP contribution >= 0.6 is 15.9 Å². The minimum absolute atomic E-state index is 0.201. The van der Waals surface area contributed by atoms with E-state index < -0.39 is 0 Å². The molecule has 118 valence electrons. The van der Waals surface area contributed by atoms with Crippen molar-refractivity contribution < 1.29 is 4.74 Å². The summed E-state index contributed by atoms with van der Waals surface area (Å²) in [4.78, 5) is 11.1. The summed E-state index contributed by atoms with van der Waals surface area (Å²) in [5.74, 6) is 1.46. The summed E-state index contributed by atoms with van der Waals surface area (Å²) in [5, 5.41) is 6.55. The molecule has 1 atom stereocenters. The van der Waals surface area contributed by atoms with Gasteiger partial charge < -0.3 is 15.4 Å². The lowest BCUT2D eigenvalue weighted by Crippen LogP contribution is -2.45. The zero-order valence-corrected chi connectivity index (χ0v) is 14.3. The van der Waals surface area contributed by atoms with E-state index in [1.165, 1.54) is 0 Å². The third kappa shape index (κ3) is 5.09. The maximum absolute atomic E-state index is 5.79. The smallest absolute Gasteiger partial charge is 0.224 e. The molecule has 0 bridgehead atoms. The van der Waals surface area contributed by atoms with Gasteiger partial charge in [-0.15, -0.1) is 0 Å². The molecule has 0 amide bonds. The van der Waals surface area contributed by atoms with E-state index in [4.69, 9.17) is 4.74 Å². The molecule has 1 aromatic heterocycles. The van der Waals surface area contributed by atoms with Gasteiger partial charge in [0.2, 0.25) is 5.95 Å². The van der Waals surface area contributed by atoms with Gasteiger partial charge in [0.25, 0.3) is 0 Å². The molecule has 21 heavy (non-hydrogen) atoms. The van der Waals surface area contributed by atoms with E-state index in [2.05, 4.69) is 55.3 Å².